The van der Waals surface area contributed by atoms with Gasteiger partial charge in [0.2, 0.25) is 0 Å². The summed E-state index contributed by atoms with van der Waals surface area (Å²) in [7, 11) is 0. The Morgan fingerprint density at radius 3 is 2.70 bits per heavy atom. The molecule has 2 aromatic heterocycles. The second kappa shape index (κ2) is 7.12. The van der Waals surface area contributed by atoms with E-state index in [0.717, 1.165) is 45.0 Å². The molecule has 1 atom stereocenters. The second-order valence-corrected chi connectivity index (χ2v) is 8.03. The van der Waals surface area contributed by atoms with Gasteiger partial charge in [-0.1, -0.05) is 12.1 Å². The van der Waals surface area contributed by atoms with Gasteiger partial charge < -0.3 is 16.2 Å². The van der Waals surface area contributed by atoms with Crippen LogP contribution in [0.5, 0.6) is 0 Å². The third-order valence-corrected chi connectivity index (χ3v) is 6.29. The largest absolute Gasteiger partial charge is 0.397 e. The lowest BCUT2D eigenvalue weighted by molar-refractivity contribution is -0.0514. The highest BCUT2D eigenvalue weighted by atomic mass is 32.1. The summed E-state index contributed by atoms with van der Waals surface area (Å²) in [5, 5.41) is 23.4. The number of aliphatic hydroxyl groups excluding tert-OH is 1. The zero-order valence-corrected chi connectivity index (χ0v) is 16.1. The predicted octanol–water partition coefficient (Wildman–Crippen LogP) is 2.49. The van der Waals surface area contributed by atoms with Crippen molar-refractivity contribution >= 4 is 27.2 Å². The molecular weight excluding hydrogens is 365 g/mol. The minimum Gasteiger partial charge on any atom is -0.397 e. The molecule has 4 N–H and O–H groups in total. The van der Waals surface area contributed by atoms with Gasteiger partial charge in [-0.15, -0.1) is 16.4 Å². The quantitative estimate of drug-likeness (QED) is 0.624. The van der Waals surface area contributed by atoms with Crippen LogP contribution in [0.25, 0.3) is 10.2 Å². The van der Waals surface area contributed by atoms with Crippen molar-refractivity contribution in [3.63, 3.8) is 0 Å². The number of hydrogen-bond donors (Lipinski definition) is 3. The zero-order chi connectivity index (χ0) is 19.1. The fourth-order valence-electron chi connectivity index (χ4n) is 3.32. The van der Waals surface area contributed by atoms with Gasteiger partial charge in [-0.05, 0) is 37.1 Å². The highest BCUT2D eigenvalue weighted by Gasteiger charge is 2.34. The minimum atomic E-state index is -0.743. The second-order valence-electron chi connectivity index (χ2n) is 7.00. The molecule has 1 aliphatic heterocycles. The van der Waals surface area contributed by atoms with E-state index in [2.05, 4.69) is 15.5 Å². The number of aliphatic hydroxyl groups is 1. The molecule has 3 heterocycles. The first-order valence-corrected chi connectivity index (χ1v) is 9.67. The number of likely N-dealkylation sites (tertiary alicyclic amines) is 1. The van der Waals surface area contributed by atoms with E-state index in [4.69, 9.17) is 5.73 Å². The van der Waals surface area contributed by atoms with Crippen LogP contribution in [0, 0.1) is 19.7 Å². The summed E-state index contributed by atoms with van der Waals surface area (Å²) in [4.78, 5) is 3.46. The molecular formula is C19H22FN5OS. The Bertz CT molecular complexity index is 968. The van der Waals surface area contributed by atoms with Gasteiger partial charge in [0, 0.05) is 31.1 Å². The molecule has 3 aromatic rings. The van der Waals surface area contributed by atoms with E-state index in [1.807, 2.05) is 18.7 Å². The molecule has 1 unspecified atom stereocenters. The molecule has 1 saturated heterocycles. The molecule has 4 rings (SSSR count). The SMILES string of the molecule is Cc1nnc2sc(C(O)N3CC(NCc4ccc(F)cc4)C3)c(N)c2c1C. The Kier molecular flexibility index (Phi) is 4.81. The number of nitrogens with zero attached hydrogens (tertiary/aromatic N) is 3. The molecule has 0 saturated carbocycles. The van der Waals surface area contributed by atoms with Crippen molar-refractivity contribution in [3.05, 3.63) is 51.8 Å². The smallest absolute Gasteiger partial charge is 0.148 e. The van der Waals surface area contributed by atoms with E-state index >= 15 is 0 Å². The first-order chi connectivity index (χ1) is 12.9. The lowest BCUT2D eigenvalue weighted by Crippen LogP contribution is -2.58. The molecule has 0 bridgehead atoms. The summed E-state index contributed by atoms with van der Waals surface area (Å²) < 4.78 is 12.9. The molecule has 0 spiro atoms. The van der Waals surface area contributed by atoms with Crippen LogP contribution < -0.4 is 11.1 Å². The number of nitrogens with two attached hydrogens (primary N) is 1. The first kappa shape index (κ1) is 18.2. The van der Waals surface area contributed by atoms with E-state index in [-0.39, 0.29) is 11.9 Å². The zero-order valence-electron chi connectivity index (χ0n) is 15.2. The summed E-state index contributed by atoms with van der Waals surface area (Å²) in [5.74, 6) is -0.229. The Balaban J connectivity index is 1.39. The van der Waals surface area contributed by atoms with Crippen LogP contribution in [-0.2, 0) is 6.54 Å². The maximum atomic E-state index is 12.9. The number of benzene rings is 1. The van der Waals surface area contributed by atoms with Gasteiger partial charge >= 0.3 is 0 Å². The number of nitrogens with one attached hydrogen (secondary N) is 1. The van der Waals surface area contributed by atoms with Crippen LogP contribution in [0.4, 0.5) is 10.1 Å². The van der Waals surface area contributed by atoms with Crippen molar-refractivity contribution in [2.45, 2.75) is 32.7 Å². The number of nitrogen functional groups attached to an aromatic ring is 1. The molecule has 1 aliphatic rings. The number of thiophene rings is 1. The summed E-state index contributed by atoms with van der Waals surface area (Å²) in [6.07, 6.45) is -0.743. The number of anilines is 1. The fourth-order valence-corrected chi connectivity index (χ4v) is 4.44. The monoisotopic (exact) mass is 387 g/mol. The summed E-state index contributed by atoms with van der Waals surface area (Å²) in [6, 6.07) is 6.76. The molecule has 1 fully saturated rings. The van der Waals surface area contributed by atoms with Crippen LogP contribution in [0.15, 0.2) is 24.3 Å². The van der Waals surface area contributed by atoms with Gasteiger partial charge in [0.05, 0.1) is 16.3 Å². The van der Waals surface area contributed by atoms with Crippen LogP contribution in [0.3, 0.4) is 0 Å². The minimum absolute atomic E-state index is 0.229. The Hall–Kier alpha value is -2.13. The van der Waals surface area contributed by atoms with E-state index in [1.54, 1.807) is 12.1 Å². The molecule has 142 valence electrons. The molecule has 8 heteroatoms. The van der Waals surface area contributed by atoms with Crippen LogP contribution in [0.2, 0.25) is 0 Å². The fraction of sp³-hybridized carbons (Fsp3) is 0.368. The van der Waals surface area contributed by atoms with Gasteiger partial charge in [-0.2, -0.15) is 5.10 Å². The van der Waals surface area contributed by atoms with Crippen molar-refractivity contribution in [2.75, 3.05) is 18.8 Å². The van der Waals surface area contributed by atoms with E-state index in [1.165, 1.54) is 23.5 Å². The number of hydrogen-bond acceptors (Lipinski definition) is 7. The number of halogens is 1. The van der Waals surface area contributed by atoms with Gasteiger partial charge in [0.15, 0.2) is 0 Å². The van der Waals surface area contributed by atoms with Gasteiger partial charge in [0.25, 0.3) is 0 Å². The molecule has 0 aliphatic carbocycles. The average Bonchev–Trinajstić information content (AvgIpc) is 2.95. The Morgan fingerprint density at radius 1 is 1.30 bits per heavy atom. The summed E-state index contributed by atoms with van der Waals surface area (Å²) >= 11 is 1.40. The maximum Gasteiger partial charge on any atom is 0.148 e. The standard InChI is InChI=1S/C19H22FN5OS/c1-10-11(2)23-24-18-15(10)16(21)17(27-18)19(26)25-8-14(9-25)22-7-12-3-5-13(20)6-4-12/h3-6,14,19,22,26H,7-9,21H2,1-2H3. The Morgan fingerprint density at radius 2 is 2.00 bits per heavy atom. The number of aryl methyl sites for hydroxylation is 2. The van der Waals surface area contributed by atoms with E-state index < -0.39 is 6.23 Å². The molecule has 1 aromatic carbocycles. The molecule has 0 radical (unpaired) electrons. The molecule has 0 amide bonds. The topological polar surface area (TPSA) is 87.3 Å². The normalized spacial score (nSPS) is 16.6. The highest BCUT2D eigenvalue weighted by molar-refractivity contribution is 7.19. The van der Waals surface area contributed by atoms with Crippen molar-refractivity contribution < 1.29 is 9.50 Å². The van der Waals surface area contributed by atoms with Crippen molar-refractivity contribution in [1.29, 1.82) is 0 Å². The van der Waals surface area contributed by atoms with Crippen LogP contribution in [-0.4, -0.2) is 39.3 Å². The molecule has 27 heavy (non-hydrogen) atoms. The lowest BCUT2D eigenvalue weighted by atomic mass is 10.1. The summed E-state index contributed by atoms with van der Waals surface area (Å²) in [6.45, 7) is 6.00. The highest BCUT2D eigenvalue weighted by Crippen LogP contribution is 2.40. The third-order valence-electron chi connectivity index (χ3n) is 5.16. The summed E-state index contributed by atoms with van der Waals surface area (Å²) in [5.41, 5.74) is 9.81. The lowest BCUT2D eigenvalue weighted by Gasteiger charge is -2.42. The Labute approximate surface area is 160 Å². The van der Waals surface area contributed by atoms with Gasteiger partial charge in [-0.25, -0.2) is 4.39 Å². The first-order valence-electron chi connectivity index (χ1n) is 8.85. The molecule has 6 nitrogen and oxygen atoms in total. The maximum absolute atomic E-state index is 12.9. The van der Waals surface area contributed by atoms with Crippen LogP contribution in [0.1, 0.15) is 27.9 Å². The number of fused-ring (bicyclic) bond motifs is 1. The van der Waals surface area contributed by atoms with Gasteiger partial charge in [-0.3, -0.25) is 4.90 Å². The van der Waals surface area contributed by atoms with Gasteiger partial charge in [0.1, 0.15) is 16.9 Å². The predicted molar refractivity (Wildman–Crippen MR) is 105 cm³/mol. The third kappa shape index (κ3) is 3.41. The van der Waals surface area contributed by atoms with Crippen LogP contribution >= 0.6 is 11.3 Å². The number of rotatable bonds is 5. The van der Waals surface area contributed by atoms with Crippen molar-refractivity contribution in [2.24, 2.45) is 0 Å². The van der Waals surface area contributed by atoms with Crippen molar-refractivity contribution in [1.82, 2.24) is 20.4 Å². The average molecular weight is 387 g/mol. The van der Waals surface area contributed by atoms with Crippen molar-refractivity contribution in [3.8, 4) is 0 Å². The van der Waals surface area contributed by atoms with E-state index in [0.29, 0.717) is 12.2 Å². The van der Waals surface area contributed by atoms with E-state index in [9.17, 15) is 9.50 Å². The number of aromatic nitrogens is 2.